The first-order valence-corrected chi connectivity index (χ1v) is 3.39. The van der Waals surface area contributed by atoms with Crippen LogP contribution >= 0.6 is 0 Å². The largest absolute Gasteiger partial charge is 0.368 e. The van der Waals surface area contributed by atoms with Crippen LogP contribution in [-0.2, 0) is 0 Å². The van der Waals surface area contributed by atoms with E-state index in [4.69, 9.17) is 5.73 Å². The van der Waals surface area contributed by atoms with Crippen molar-refractivity contribution in [3.05, 3.63) is 22.1 Å². The van der Waals surface area contributed by atoms with Crippen LogP contribution in [0.25, 0.3) is 5.52 Å². The van der Waals surface area contributed by atoms with Crippen LogP contribution in [0.3, 0.4) is 0 Å². The van der Waals surface area contributed by atoms with E-state index in [2.05, 4.69) is 15.2 Å². The molecule has 2 aromatic heterocycles. The Labute approximate surface area is 67.0 Å². The number of H-pyrrole nitrogens is 1. The average molecular weight is 165 g/mol. The molecule has 6 nitrogen and oxygen atoms in total. The minimum Gasteiger partial charge on any atom is -0.368 e. The van der Waals surface area contributed by atoms with Crippen molar-refractivity contribution in [3.8, 4) is 0 Å². The molecule has 0 atom stereocenters. The number of rotatable bonds is 0. The van der Waals surface area contributed by atoms with E-state index >= 15 is 0 Å². The zero-order valence-corrected chi connectivity index (χ0v) is 6.40. The van der Waals surface area contributed by atoms with Crippen molar-refractivity contribution in [2.24, 2.45) is 0 Å². The van der Waals surface area contributed by atoms with Gasteiger partial charge in [-0.3, -0.25) is 9.78 Å². The van der Waals surface area contributed by atoms with Gasteiger partial charge in [-0.2, -0.15) is 5.10 Å². The number of nitrogens with two attached hydrogens (primary N) is 1. The standard InChI is InChI=1S/C6H7N5O/c1-3-2-8-11-4(3)5(12)9-6(7)10-11/h2H,1H3,(H3,7,9,10,12). The van der Waals surface area contributed by atoms with Crippen LogP contribution in [0.2, 0.25) is 0 Å². The van der Waals surface area contributed by atoms with Crippen molar-refractivity contribution in [1.82, 2.24) is 19.8 Å². The molecular weight excluding hydrogens is 158 g/mol. The van der Waals surface area contributed by atoms with E-state index in [0.717, 1.165) is 5.56 Å². The van der Waals surface area contributed by atoms with E-state index < -0.39 is 0 Å². The van der Waals surface area contributed by atoms with E-state index in [-0.39, 0.29) is 11.5 Å². The van der Waals surface area contributed by atoms with Crippen LogP contribution in [0.5, 0.6) is 0 Å². The van der Waals surface area contributed by atoms with Gasteiger partial charge in [-0.25, -0.2) is 0 Å². The zero-order valence-electron chi connectivity index (χ0n) is 6.40. The summed E-state index contributed by atoms with van der Waals surface area (Å²) < 4.78 is 1.23. The Morgan fingerprint density at radius 3 is 3.17 bits per heavy atom. The van der Waals surface area contributed by atoms with Crippen molar-refractivity contribution in [1.29, 1.82) is 0 Å². The van der Waals surface area contributed by atoms with Crippen LogP contribution in [0.4, 0.5) is 5.95 Å². The Balaban J connectivity index is 3.03. The highest BCUT2D eigenvalue weighted by Crippen LogP contribution is 2.00. The highest BCUT2D eigenvalue weighted by atomic mass is 16.1. The number of anilines is 1. The second-order valence-electron chi connectivity index (χ2n) is 2.50. The van der Waals surface area contributed by atoms with Gasteiger partial charge in [0.15, 0.2) is 5.52 Å². The summed E-state index contributed by atoms with van der Waals surface area (Å²) >= 11 is 0. The summed E-state index contributed by atoms with van der Waals surface area (Å²) in [6.07, 6.45) is 1.57. The number of nitrogen functional groups attached to an aromatic ring is 1. The summed E-state index contributed by atoms with van der Waals surface area (Å²) in [4.78, 5) is 13.6. The molecule has 2 rings (SSSR count). The third-order valence-electron chi connectivity index (χ3n) is 1.59. The molecule has 2 aromatic rings. The molecule has 0 aliphatic carbocycles. The predicted octanol–water partition coefficient (Wildman–Crippen LogP) is -0.692. The molecule has 2 heterocycles. The number of aromatic nitrogens is 4. The summed E-state index contributed by atoms with van der Waals surface area (Å²) in [5, 5.41) is 7.63. The van der Waals surface area contributed by atoms with Crippen molar-refractivity contribution >= 4 is 11.5 Å². The maximum atomic E-state index is 11.2. The van der Waals surface area contributed by atoms with Crippen molar-refractivity contribution < 1.29 is 0 Å². The molecule has 0 spiro atoms. The molecule has 0 unspecified atom stereocenters. The molecule has 0 saturated carbocycles. The molecular formula is C6H7N5O. The lowest BCUT2D eigenvalue weighted by atomic mass is 10.3. The molecule has 6 heteroatoms. The number of nitrogens with one attached hydrogen (secondary N) is 1. The number of fused-ring (bicyclic) bond motifs is 1. The first-order valence-electron chi connectivity index (χ1n) is 3.39. The van der Waals surface area contributed by atoms with Gasteiger partial charge in [-0.15, -0.1) is 9.73 Å². The second kappa shape index (κ2) is 2.07. The minimum atomic E-state index is -0.266. The fraction of sp³-hybridized carbons (Fsp3) is 0.167. The molecule has 0 fully saturated rings. The van der Waals surface area contributed by atoms with Gasteiger partial charge >= 0.3 is 0 Å². The zero-order chi connectivity index (χ0) is 8.72. The fourth-order valence-corrected chi connectivity index (χ4v) is 1.07. The minimum absolute atomic E-state index is 0.0654. The summed E-state index contributed by atoms with van der Waals surface area (Å²) in [6, 6.07) is 0. The molecule has 0 bridgehead atoms. The third-order valence-corrected chi connectivity index (χ3v) is 1.59. The summed E-state index contributed by atoms with van der Waals surface area (Å²) in [5.41, 5.74) is 6.26. The Morgan fingerprint density at radius 2 is 2.42 bits per heavy atom. The Hall–Kier alpha value is -1.85. The molecule has 0 aromatic carbocycles. The molecule has 0 amide bonds. The van der Waals surface area contributed by atoms with E-state index in [1.807, 2.05) is 0 Å². The smallest absolute Gasteiger partial charge is 0.278 e. The second-order valence-corrected chi connectivity index (χ2v) is 2.50. The number of hydrogen-bond acceptors (Lipinski definition) is 4. The molecule has 0 aliphatic heterocycles. The monoisotopic (exact) mass is 165 g/mol. The number of aryl methyl sites for hydroxylation is 1. The Kier molecular flexibility index (Phi) is 1.18. The van der Waals surface area contributed by atoms with Gasteiger partial charge in [0.25, 0.3) is 5.56 Å². The number of aromatic amines is 1. The van der Waals surface area contributed by atoms with Gasteiger partial charge in [0.1, 0.15) is 0 Å². The van der Waals surface area contributed by atoms with Gasteiger partial charge < -0.3 is 5.73 Å². The quantitative estimate of drug-likeness (QED) is 0.540. The van der Waals surface area contributed by atoms with Crippen molar-refractivity contribution in [2.75, 3.05) is 5.73 Å². The van der Waals surface area contributed by atoms with Crippen molar-refractivity contribution in [2.45, 2.75) is 6.92 Å². The lowest BCUT2D eigenvalue weighted by molar-refractivity contribution is 0.783. The normalized spacial score (nSPS) is 10.8. The van der Waals surface area contributed by atoms with Gasteiger partial charge in [-0.05, 0) is 6.92 Å². The van der Waals surface area contributed by atoms with E-state index in [0.29, 0.717) is 5.52 Å². The molecule has 3 N–H and O–H groups in total. The molecule has 0 saturated heterocycles. The van der Waals surface area contributed by atoms with Gasteiger partial charge in [0.2, 0.25) is 5.95 Å². The molecule has 0 radical (unpaired) electrons. The van der Waals surface area contributed by atoms with E-state index in [1.165, 1.54) is 4.63 Å². The van der Waals surface area contributed by atoms with E-state index in [1.54, 1.807) is 13.1 Å². The maximum Gasteiger partial charge on any atom is 0.278 e. The van der Waals surface area contributed by atoms with Crippen LogP contribution in [-0.4, -0.2) is 19.8 Å². The SMILES string of the molecule is Cc1cnn2nc(N)[nH]c(=O)c12. The first-order chi connectivity index (χ1) is 5.68. The topological polar surface area (TPSA) is 89.1 Å². The lowest BCUT2D eigenvalue weighted by Crippen LogP contribution is -2.16. The third kappa shape index (κ3) is 0.777. The van der Waals surface area contributed by atoms with Gasteiger partial charge in [0.05, 0.1) is 6.20 Å². The van der Waals surface area contributed by atoms with Gasteiger partial charge in [-0.1, -0.05) is 0 Å². The Bertz CT molecular complexity index is 482. The number of nitrogens with zero attached hydrogens (tertiary/aromatic N) is 3. The molecule has 0 aliphatic rings. The lowest BCUT2D eigenvalue weighted by Gasteiger charge is -1.93. The molecule has 12 heavy (non-hydrogen) atoms. The van der Waals surface area contributed by atoms with E-state index in [9.17, 15) is 4.79 Å². The first kappa shape index (κ1) is 6.84. The maximum absolute atomic E-state index is 11.2. The summed E-state index contributed by atoms with van der Waals surface area (Å²) in [5.74, 6) is 0.0654. The summed E-state index contributed by atoms with van der Waals surface area (Å²) in [6.45, 7) is 1.79. The van der Waals surface area contributed by atoms with Gasteiger partial charge in [0, 0.05) is 5.56 Å². The average Bonchev–Trinajstić information content (AvgIpc) is 2.31. The Morgan fingerprint density at radius 1 is 1.67 bits per heavy atom. The molecule has 62 valence electrons. The van der Waals surface area contributed by atoms with Crippen molar-refractivity contribution in [3.63, 3.8) is 0 Å². The van der Waals surface area contributed by atoms with Crippen LogP contribution < -0.4 is 11.3 Å². The van der Waals surface area contributed by atoms with Crippen LogP contribution in [0.1, 0.15) is 5.56 Å². The predicted molar refractivity (Wildman–Crippen MR) is 42.8 cm³/mol. The van der Waals surface area contributed by atoms with Crippen LogP contribution in [0.15, 0.2) is 11.0 Å². The summed E-state index contributed by atoms with van der Waals surface area (Å²) in [7, 11) is 0. The highest BCUT2D eigenvalue weighted by Gasteiger charge is 2.05. The fourth-order valence-electron chi connectivity index (χ4n) is 1.07. The van der Waals surface area contributed by atoms with Crippen LogP contribution in [0, 0.1) is 6.92 Å². The highest BCUT2D eigenvalue weighted by molar-refractivity contribution is 5.50. The number of hydrogen-bond donors (Lipinski definition) is 2.